The van der Waals surface area contributed by atoms with Crippen molar-refractivity contribution in [2.75, 3.05) is 20.3 Å². The van der Waals surface area contributed by atoms with Gasteiger partial charge in [0.1, 0.15) is 5.75 Å². The zero-order valence-corrected chi connectivity index (χ0v) is 16.3. The van der Waals surface area contributed by atoms with Crippen molar-refractivity contribution in [2.24, 2.45) is 0 Å². The average molecular weight is 384 g/mol. The Kier molecular flexibility index (Phi) is 7.75. The molecule has 0 amide bonds. The molecule has 1 atom stereocenters. The van der Waals surface area contributed by atoms with Crippen molar-refractivity contribution >= 4 is 17.7 Å². The summed E-state index contributed by atoms with van der Waals surface area (Å²) in [6.07, 6.45) is -0.149. The number of ether oxygens (including phenoxy) is 3. The number of methoxy groups -OCH3 is 1. The van der Waals surface area contributed by atoms with Crippen molar-refractivity contribution in [2.45, 2.75) is 26.2 Å². The van der Waals surface area contributed by atoms with Gasteiger partial charge in [0.05, 0.1) is 32.7 Å². The van der Waals surface area contributed by atoms with Crippen LogP contribution in [-0.4, -0.2) is 38.0 Å². The summed E-state index contributed by atoms with van der Waals surface area (Å²) >= 11 is 0. The normalized spacial score (nSPS) is 11.4. The first kappa shape index (κ1) is 21.2. The summed E-state index contributed by atoms with van der Waals surface area (Å²) in [7, 11) is 1.53. The van der Waals surface area contributed by atoms with Crippen molar-refractivity contribution in [3.8, 4) is 5.75 Å². The van der Waals surface area contributed by atoms with Crippen molar-refractivity contribution in [1.29, 1.82) is 0 Å². The first-order valence-electron chi connectivity index (χ1n) is 9.11. The third-order valence-electron chi connectivity index (χ3n) is 4.13. The van der Waals surface area contributed by atoms with Gasteiger partial charge in [-0.3, -0.25) is 14.4 Å². The fourth-order valence-electron chi connectivity index (χ4n) is 2.79. The van der Waals surface area contributed by atoms with Crippen LogP contribution in [0.4, 0.5) is 0 Å². The molecule has 0 heterocycles. The second-order valence-corrected chi connectivity index (χ2v) is 6.00. The Morgan fingerprint density at radius 2 is 1.54 bits per heavy atom. The lowest BCUT2D eigenvalue weighted by molar-refractivity contribution is -0.151. The van der Waals surface area contributed by atoms with Gasteiger partial charge in [-0.15, -0.1) is 0 Å². The van der Waals surface area contributed by atoms with E-state index in [1.54, 1.807) is 62.4 Å². The molecular weight excluding hydrogens is 360 g/mol. The smallest absolute Gasteiger partial charge is 0.313 e. The van der Waals surface area contributed by atoms with E-state index in [4.69, 9.17) is 14.2 Å². The van der Waals surface area contributed by atoms with Crippen molar-refractivity contribution in [3.05, 3.63) is 65.2 Å². The Morgan fingerprint density at radius 3 is 2.18 bits per heavy atom. The molecule has 0 bridgehead atoms. The minimum Gasteiger partial charge on any atom is -0.497 e. The van der Waals surface area contributed by atoms with Crippen LogP contribution in [0.25, 0.3) is 0 Å². The van der Waals surface area contributed by atoms with Gasteiger partial charge in [0, 0.05) is 11.1 Å². The molecule has 6 nitrogen and oxygen atoms in total. The highest BCUT2D eigenvalue weighted by molar-refractivity contribution is 6.09. The third kappa shape index (κ3) is 5.42. The summed E-state index contributed by atoms with van der Waals surface area (Å²) in [4.78, 5) is 37.2. The van der Waals surface area contributed by atoms with E-state index in [0.717, 1.165) is 0 Å². The molecule has 2 aromatic rings. The predicted molar refractivity (Wildman–Crippen MR) is 103 cm³/mol. The lowest BCUT2D eigenvalue weighted by Gasteiger charge is -2.16. The van der Waals surface area contributed by atoms with E-state index < -0.39 is 17.9 Å². The van der Waals surface area contributed by atoms with Gasteiger partial charge in [0.25, 0.3) is 0 Å². The van der Waals surface area contributed by atoms with Crippen molar-refractivity contribution in [3.63, 3.8) is 0 Å². The topological polar surface area (TPSA) is 78.9 Å². The number of hydrogen-bond donors (Lipinski definition) is 0. The lowest BCUT2D eigenvalue weighted by Crippen LogP contribution is -2.21. The molecule has 1 unspecified atom stereocenters. The molecule has 2 rings (SSSR count). The molecular formula is C22H24O6. The van der Waals surface area contributed by atoms with Gasteiger partial charge in [0.2, 0.25) is 0 Å². The van der Waals surface area contributed by atoms with Crippen LogP contribution >= 0.6 is 0 Å². The number of ketones is 1. The molecule has 0 radical (unpaired) electrons. The summed E-state index contributed by atoms with van der Waals surface area (Å²) in [6, 6.07) is 13.5. The van der Waals surface area contributed by atoms with Gasteiger partial charge in [-0.05, 0) is 37.6 Å². The zero-order valence-electron chi connectivity index (χ0n) is 16.3. The molecule has 0 aliphatic rings. The number of carbonyl (C=O) groups excluding carboxylic acids is 3. The summed E-state index contributed by atoms with van der Waals surface area (Å²) in [5.74, 6) is -1.49. The second kappa shape index (κ2) is 10.3. The highest BCUT2D eigenvalue weighted by Gasteiger charge is 2.26. The molecule has 0 saturated carbocycles. The average Bonchev–Trinajstić information content (AvgIpc) is 2.72. The van der Waals surface area contributed by atoms with Crippen LogP contribution in [0.3, 0.4) is 0 Å². The molecule has 0 fully saturated rings. The van der Waals surface area contributed by atoms with Crippen LogP contribution in [0.15, 0.2) is 48.5 Å². The molecule has 6 heteroatoms. The summed E-state index contributed by atoms with van der Waals surface area (Å²) in [5.41, 5.74) is 1.40. The molecule has 0 saturated heterocycles. The maximum atomic E-state index is 12.8. The minimum absolute atomic E-state index is 0.149. The van der Waals surface area contributed by atoms with Gasteiger partial charge < -0.3 is 14.2 Å². The molecule has 0 aliphatic carbocycles. The minimum atomic E-state index is -0.836. The number of carbonyl (C=O) groups is 3. The largest absolute Gasteiger partial charge is 0.497 e. The fraction of sp³-hybridized carbons (Fsp3) is 0.318. The monoisotopic (exact) mass is 384 g/mol. The van der Waals surface area contributed by atoms with E-state index in [-0.39, 0.29) is 25.4 Å². The van der Waals surface area contributed by atoms with Crippen LogP contribution in [0, 0.1) is 0 Å². The maximum Gasteiger partial charge on any atom is 0.313 e. The molecule has 0 N–H and O–H groups in total. The number of rotatable bonds is 9. The Morgan fingerprint density at radius 1 is 0.893 bits per heavy atom. The molecule has 0 spiro atoms. The molecule has 28 heavy (non-hydrogen) atoms. The first-order chi connectivity index (χ1) is 13.5. The van der Waals surface area contributed by atoms with E-state index in [2.05, 4.69) is 0 Å². The molecule has 148 valence electrons. The van der Waals surface area contributed by atoms with E-state index in [1.807, 2.05) is 0 Å². The summed E-state index contributed by atoms with van der Waals surface area (Å²) < 4.78 is 15.2. The highest BCUT2D eigenvalue weighted by atomic mass is 16.5. The van der Waals surface area contributed by atoms with Crippen LogP contribution in [0.5, 0.6) is 5.75 Å². The maximum absolute atomic E-state index is 12.8. The second-order valence-electron chi connectivity index (χ2n) is 6.00. The first-order valence-corrected chi connectivity index (χ1v) is 9.11. The van der Waals surface area contributed by atoms with Crippen molar-refractivity contribution < 1.29 is 28.6 Å². The molecule has 2 aromatic carbocycles. The van der Waals surface area contributed by atoms with Gasteiger partial charge in [-0.2, -0.15) is 0 Å². The summed E-state index contributed by atoms with van der Waals surface area (Å²) in [6.45, 7) is 3.82. The highest BCUT2D eigenvalue weighted by Crippen LogP contribution is 2.25. The Balaban J connectivity index is 2.34. The Hall–Kier alpha value is -3.15. The Labute approximate surface area is 164 Å². The number of hydrogen-bond acceptors (Lipinski definition) is 6. The number of benzene rings is 2. The van der Waals surface area contributed by atoms with Crippen LogP contribution in [0.2, 0.25) is 0 Å². The van der Waals surface area contributed by atoms with Crippen molar-refractivity contribution in [1.82, 2.24) is 0 Å². The van der Waals surface area contributed by atoms with Crippen LogP contribution < -0.4 is 4.74 Å². The predicted octanol–water partition coefficient (Wildman–Crippen LogP) is 3.53. The van der Waals surface area contributed by atoms with Crippen LogP contribution in [-0.2, 0) is 19.1 Å². The van der Waals surface area contributed by atoms with Crippen LogP contribution in [0.1, 0.15) is 47.7 Å². The van der Waals surface area contributed by atoms with E-state index in [9.17, 15) is 14.4 Å². The third-order valence-corrected chi connectivity index (χ3v) is 4.13. The van der Waals surface area contributed by atoms with Gasteiger partial charge in [-0.1, -0.05) is 30.3 Å². The van der Waals surface area contributed by atoms with E-state index >= 15 is 0 Å². The quantitative estimate of drug-likeness (QED) is 0.486. The van der Waals surface area contributed by atoms with Gasteiger partial charge in [-0.25, -0.2) is 0 Å². The summed E-state index contributed by atoms with van der Waals surface area (Å²) in [5, 5.41) is 0. The molecule has 0 aromatic heterocycles. The van der Waals surface area contributed by atoms with E-state index in [0.29, 0.717) is 22.4 Å². The number of esters is 2. The SMILES string of the molecule is CCOC(=O)CC(C(=O)OCC)c1cccc(C(=O)c2cccc(OC)c2)c1. The zero-order chi connectivity index (χ0) is 20.5. The van der Waals surface area contributed by atoms with Gasteiger partial charge in [0.15, 0.2) is 5.78 Å². The molecule has 0 aliphatic heterocycles. The Bertz CT molecular complexity index is 842. The van der Waals surface area contributed by atoms with Gasteiger partial charge >= 0.3 is 11.9 Å². The lowest BCUT2D eigenvalue weighted by atomic mass is 9.92. The standard InChI is InChI=1S/C22H24O6/c1-4-27-20(23)14-19(22(25)28-5-2)15-8-6-9-16(12-15)21(24)17-10-7-11-18(13-17)26-3/h6-13,19H,4-5,14H2,1-3H3. The fourth-order valence-corrected chi connectivity index (χ4v) is 2.79. The van der Waals surface area contributed by atoms with E-state index in [1.165, 1.54) is 7.11 Å².